The van der Waals surface area contributed by atoms with Crippen LogP contribution in [0.4, 0.5) is 5.95 Å². The molecule has 8 heteroatoms. The van der Waals surface area contributed by atoms with Crippen LogP contribution in [0.2, 0.25) is 0 Å². The van der Waals surface area contributed by atoms with Crippen molar-refractivity contribution in [3.05, 3.63) is 65.5 Å². The summed E-state index contributed by atoms with van der Waals surface area (Å²) in [7, 11) is 0. The van der Waals surface area contributed by atoms with E-state index in [-0.39, 0.29) is 17.9 Å². The van der Waals surface area contributed by atoms with E-state index in [4.69, 9.17) is 4.98 Å². The number of benzene rings is 1. The third-order valence-corrected chi connectivity index (χ3v) is 7.52. The summed E-state index contributed by atoms with van der Waals surface area (Å²) in [4.78, 5) is 39.4. The van der Waals surface area contributed by atoms with Crippen LogP contribution >= 0.6 is 0 Å². The molecule has 2 amide bonds. The van der Waals surface area contributed by atoms with Crippen LogP contribution < -0.4 is 5.32 Å². The molecule has 0 spiro atoms. The third-order valence-electron chi connectivity index (χ3n) is 7.52. The lowest BCUT2D eigenvalue weighted by atomic mass is 10.1. The molecule has 37 heavy (non-hydrogen) atoms. The summed E-state index contributed by atoms with van der Waals surface area (Å²) in [6, 6.07) is 7.89. The molecule has 2 aliphatic heterocycles. The smallest absolute Gasteiger partial charge is 0.258 e. The molecule has 4 heterocycles. The number of aryl methyl sites for hydroxylation is 2. The fourth-order valence-electron chi connectivity index (χ4n) is 5.76. The number of fused-ring (bicyclic) bond motifs is 1. The SMILES string of the molecule is C=CC(=O)N1CCCCC(n2c(NC(=O)c3ccnc(C)c3)nc3cc(CN4CCCC4)cc(C)c32)C1. The van der Waals surface area contributed by atoms with E-state index >= 15 is 0 Å². The summed E-state index contributed by atoms with van der Waals surface area (Å²) in [5, 5.41) is 3.09. The van der Waals surface area contributed by atoms with Crippen molar-refractivity contribution >= 4 is 28.8 Å². The van der Waals surface area contributed by atoms with Gasteiger partial charge >= 0.3 is 0 Å². The van der Waals surface area contributed by atoms with Crippen LogP contribution in [0.25, 0.3) is 11.0 Å². The quantitative estimate of drug-likeness (QED) is 0.499. The number of nitrogens with zero attached hydrogens (tertiary/aromatic N) is 5. The zero-order valence-corrected chi connectivity index (χ0v) is 21.9. The zero-order valence-electron chi connectivity index (χ0n) is 21.9. The monoisotopic (exact) mass is 500 g/mol. The van der Waals surface area contributed by atoms with Gasteiger partial charge in [-0.3, -0.25) is 24.8 Å². The Bertz CT molecular complexity index is 1320. The van der Waals surface area contributed by atoms with Crippen LogP contribution in [-0.2, 0) is 11.3 Å². The highest BCUT2D eigenvalue weighted by Crippen LogP contribution is 2.33. The molecular formula is C29H36N6O2. The Morgan fingerprint density at radius 2 is 1.89 bits per heavy atom. The van der Waals surface area contributed by atoms with E-state index in [0.717, 1.165) is 61.2 Å². The fraction of sp³-hybridized carbons (Fsp3) is 0.448. The van der Waals surface area contributed by atoms with Gasteiger partial charge in [-0.2, -0.15) is 0 Å². The highest BCUT2D eigenvalue weighted by molar-refractivity contribution is 6.04. The van der Waals surface area contributed by atoms with Gasteiger partial charge in [0.25, 0.3) is 5.91 Å². The lowest BCUT2D eigenvalue weighted by Crippen LogP contribution is -2.34. The minimum Gasteiger partial charge on any atom is -0.337 e. The number of imidazole rings is 1. The van der Waals surface area contributed by atoms with Crippen LogP contribution in [-0.4, -0.2) is 62.3 Å². The van der Waals surface area contributed by atoms with Crippen molar-refractivity contribution in [3.63, 3.8) is 0 Å². The van der Waals surface area contributed by atoms with Gasteiger partial charge in [-0.25, -0.2) is 4.98 Å². The number of hydrogen-bond donors (Lipinski definition) is 1. The summed E-state index contributed by atoms with van der Waals surface area (Å²) >= 11 is 0. The first kappa shape index (κ1) is 25.1. The van der Waals surface area contributed by atoms with E-state index in [1.165, 1.54) is 24.5 Å². The Balaban J connectivity index is 1.56. The van der Waals surface area contributed by atoms with Crippen molar-refractivity contribution in [1.82, 2.24) is 24.3 Å². The molecule has 2 aromatic heterocycles. The van der Waals surface area contributed by atoms with Crippen molar-refractivity contribution in [2.75, 3.05) is 31.5 Å². The number of anilines is 1. The van der Waals surface area contributed by atoms with Gasteiger partial charge in [0, 0.05) is 37.1 Å². The molecule has 1 atom stereocenters. The molecule has 0 saturated carbocycles. The number of nitrogens with one attached hydrogen (secondary N) is 1. The van der Waals surface area contributed by atoms with Crippen LogP contribution in [0.3, 0.4) is 0 Å². The molecule has 3 aromatic rings. The first-order valence-corrected chi connectivity index (χ1v) is 13.3. The molecule has 2 fully saturated rings. The van der Waals surface area contributed by atoms with Crippen molar-refractivity contribution in [3.8, 4) is 0 Å². The predicted octanol–water partition coefficient (Wildman–Crippen LogP) is 4.64. The number of likely N-dealkylation sites (tertiary alicyclic amines) is 2. The summed E-state index contributed by atoms with van der Waals surface area (Å²) in [6.07, 6.45) is 8.38. The second-order valence-corrected chi connectivity index (χ2v) is 10.3. The lowest BCUT2D eigenvalue weighted by molar-refractivity contribution is -0.126. The molecule has 194 valence electrons. The average Bonchev–Trinajstić information content (AvgIpc) is 3.44. The van der Waals surface area contributed by atoms with Crippen molar-refractivity contribution in [1.29, 1.82) is 0 Å². The number of rotatable bonds is 6. The van der Waals surface area contributed by atoms with E-state index in [1.54, 1.807) is 18.3 Å². The standard InChI is InChI=1S/C29H36N6O2/c1-4-26(36)34-14-6-5-9-24(19-34)35-27-20(2)15-22(18-33-12-7-8-13-33)17-25(27)31-29(35)32-28(37)23-10-11-30-21(3)16-23/h4,10-11,15-17,24H,1,5-9,12-14,18-19H2,2-3H3,(H,31,32,37). The highest BCUT2D eigenvalue weighted by Gasteiger charge is 2.27. The average molecular weight is 501 g/mol. The van der Waals surface area contributed by atoms with E-state index in [2.05, 4.69) is 45.4 Å². The van der Waals surface area contributed by atoms with E-state index in [1.807, 2.05) is 11.8 Å². The predicted molar refractivity (Wildman–Crippen MR) is 146 cm³/mol. The topological polar surface area (TPSA) is 83.4 Å². The van der Waals surface area contributed by atoms with Gasteiger partial charge in [-0.1, -0.05) is 12.6 Å². The minimum absolute atomic E-state index is 0.00555. The van der Waals surface area contributed by atoms with Crippen molar-refractivity contribution < 1.29 is 9.59 Å². The first-order chi connectivity index (χ1) is 17.9. The van der Waals surface area contributed by atoms with Crippen molar-refractivity contribution in [2.24, 2.45) is 0 Å². The fourth-order valence-corrected chi connectivity index (χ4v) is 5.76. The maximum absolute atomic E-state index is 13.3. The maximum atomic E-state index is 13.3. The molecule has 2 saturated heterocycles. The van der Waals surface area contributed by atoms with Gasteiger partial charge in [-0.15, -0.1) is 0 Å². The normalized spacial score (nSPS) is 18.6. The zero-order chi connectivity index (χ0) is 25.9. The van der Waals surface area contributed by atoms with Crippen molar-refractivity contribution in [2.45, 2.75) is 58.5 Å². The number of amides is 2. The Morgan fingerprint density at radius 1 is 1.11 bits per heavy atom. The summed E-state index contributed by atoms with van der Waals surface area (Å²) in [5.41, 5.74) is 5.59. The number of hydrogen-bond acceptors (Lipinski definition) is 5. The van der Waals surface area contributed by atoms with Gasteiger partial charge in [0.05, 0.1) is 17.1 Å². The Kier molecular flexibility index (Phi) is 7.37. The molecule has 0 aliphatic carbocycles. The number of carbonyl (C=O) groups excluding carboxylic acids is 2. The number of pyridine rings is 1. The van der Waals surface area contributed by atoms with Crippen LogP contribution in [0.1, 0.15) is 65.3 Å². The number of carbonyl (C=O) groups is 2. The largest absolute Gasteiger partial charge is 0.337 e. The van der Waals surface area contributed by atoms with E-state index in [9.17, 15) is 9.59 Å². The van der Waals surface area contributed by atoms with E-state index < -0.39 is 0 Å². The van der Waals surface area contributed by atoms with Gasteiger partial charge in [0.1, 0.15) is 0 Å². The van der Waals surface area contributed by atoms with Crippen LogP contribution in [0.15, 0.2) is 43.1 Å². The second kappa shape index (κ2) is 10.8. The second-order valence-electron chi connectivity index (χ2n) is 10.3. The summed E-state index contributed by atoms with van der Waals surface area (Å²) in [5.74, 6) is 0.247. The Morgan fingerprint density at radius 3 is 2.65 bits per heavy atom. The van der Waals surface area contributed by atoms with Crippen LogP contribution in [0.5, 0.6) is 0 Å². The third kappa shape index (κ3) is 5.44. The molecule has 5 rings (SSSR count). The van der Waals surface area contributed by atoms with E-state index in [0.29, 0.717) is 24.6 Å². The minimum atomic E-state index is -0.218. The first-order valence-electron chi connectivity index (χ1n) is 13.3. The molecular weight excluding hydrogens is 464 g/mol. The lowest BCUT2D eigenvalue weighted by Gasteiger charge is -2.26. The highest BCUT2D eigenvalue weighted by atomic mass is 16.2. The summed E-state index contributed by atoms with van der Waals surface area (Å²) in [6.45, 7) is 12.1. The maximum Gasteiger partial charge on any atom is 0.258 e. The van der Waals surface area contributed by atoms with Gasteiger partial charge in [0.2, 0.25) is 11.9 Å². The molecule has 1 N–H and O–H groups in total. The molecule has 1 aromatic carbocycles. The van der Waals surface area contributed by atoms with Gasteiger partial charge < -0.3 is 9.47 Å². The molecule has 8 nitrogen and oxygen atoms in total. The van der Waals surface area contributed by atoms with Gasteiger partial charge in [0.15, 0.2) is 0 Å². The molecule has 0 bridgehead atoms. The molecule has 1 unspecified atom stereocenters. The van der Waals surface area contributed by atoms with Crippen LogP contribution in [0, 0.1) is 13.8 Å². The Labute approximate surface area is 218 Å². The molecule has 2 aliphatic rings. The molecule has 0 radical (unpaired) electrons. The summed E-state index contributed by atoms with van der Waals surface area (Å²) < 4.78 is 2.16. The number of aromatic nitrogens is 3. The Hall–Kier alpha value is -3.52. The van der Waals surface area contributed by atoms with Gasteiger partial charge in [-0.05, 0) is 94.4 Å².